The Balaban J connectivity index is 2.28. The smallest absolute Gasteiger partial charge is 0.239 e. The summed E-state index contributed by atoms with van der Waals surface area (Å²) < 4.78 is 0. The maximum Gasteiger partial charge on any atom is 0.239 e. The maximum atomic E-state index is 11.8. The molecule has 1 aromatic carbocycles. The molecule has 0 saturated carbocycles. The van der Waals surface area contributed by atoms with Gasteiger partial charge in [0.25, 0.3) is 0 Å². The van der Waals surface area contributed by atoms with Gasteiger partial charge in [-0.3, -0.25) is 4.79 Å². The van der Waals surface area contributed by atoms with Crippen molar-refractivity contribution in [3.8, 4) is 0 Å². The van der Waals surface area contributed by atoms with Gasteiger partial charge < -0.3 is 15.5 Å². The van der Waals surface area contributed by atoms with E-state index < -0.39 is 0 Å². The Hall–Kier alpha value is -1.55. The molecule has 2 N–H and O–H groups in total. The number of hydrogen-bond donors (Lipinski definition) is 2. The Labute approximate surface area is 115 Å². The van der Waals surface area contributed by atoms with Crippen molar-refractivity contribution in [1.29, 1.82) is 0 Å². The largest absolute Gasteiger partial charge is 0.360 e. The summed E-state index contributed by atoms with van der Waals surface area (Å²) in [5.74, 6) is 0.103. The number of hydrogen-bond acceptors (Lipinski definition) is 3. The average molecular weight is 261 g/mol. The van der Waals surface area contributed by atoms with Gasteiger partial charge in [0, 0.05) is 18.8 Å². The van der Waals surface area contributed by atoms with Crippen molar-refractivity contribution >= 4 is 11.6 Å². The molecule has 1 fully saturated rings. The van der Waals surface area contributed by atoms with Crippen molar-refractivity contribution in [3.63, 3.8) is 0 Å². The van der Waals surface area contributed by atoms with Gasteiger partial charge in [-0.05, 0) is 38.9 Å². The first-order valence-electron chi connectivity index (χ1n) is 6.78. The normalized spacial score (nSPS) is 19.5. The van der Waals surface area contributed by atoms with Gasteiger partial charge in [-0.1, -0.05) is 17.7 Å². The molecule has 0 aromatic heterocycles. The van der Waals surface area contributed by atoms with E-state index in [9.17, 15) is 4.79 Å². The van der Waals surface area contributed by atoms with Gasteiger partial charge in [0.05, 0.1) is 12.6 Å². The Kier molecular flexibility index (Phi) is 4.10. The second-order valence-electron chi connectivity index (χ2n) is 5.45. The standard InChI is InChI=1S/C15H23N3O/c1-10-5-11(2)15(12(3)6-10)18-8-13(7-16-4)17-14(19)9-18/h5-6,13,16H,7-9H2,1-4H3,(H,17,19). The molecule has 104 valence electrons. The van der Waals surface area contributed by atoms with Gasteiger partial charge in [0.1, 0.15) is 0 Å². The highest BCUT2D eigenvalue weighted by molar-refractivity contribution is 5.84. The first-order valence-corrected chi connectivity index (χ1v) is 6.78. The predicted molar refractivity (Wildman–Crippen MR) is 78.7 cm³/mol. The van der Waals surface area contributed by atoms with E-state index in [1.165, 1.54) is 22.4 Å². The first-order chi connectivity index (χ1) is 9.01. The van der Waals surface area contributed by atoms with Crippen molar-refractivity contribution in [3.05, 3.63) is 28.8 Å². The van der Waals surface area contributed by atoms with Crippen molar-refractivity contribution in [2.24, 2.45) is 0 Å². The molecule has 0 spiro atoms. The molecular formula is C15H23N3O. The Morgan fingerprint density at radius 2 is 1.95 bits per heavy atom. The van der Waals surface area contributed by atoms with Crippen LogP contribution < -0.4 is 15.5 Å². The highest BCUT2D eigenvalue weighted by atomic mass is 16.2. The van der Waals surface area contributed by atoms with Crippen LogP contribution in [0.3, 0.4) is 0 Å². The summed E-state index contributed by atoms with van der Waals surface area (Å²) in [5.41, 5.74) is 4.97. The molecule has 0 bridgehead atoms. The van der Waals surface area contributed by atoms with Crippen LogP contribution in [0.25, 0.3) is 0 Å². The zero-order chi connectivity index (χ0) is 14.0. The number of benzene rings is 1. The summed E-state index contributed by atoms with van der Waals surface area (Å²) in [7, 11) is 1.91. The van der Waals surface area contributed by atoms with Crippen LogP contribution >= 0.6 is 0 Å². The number of aryl methyl sites for hydroxylation is 3. The van der Waals surface area contributed by atoms with Gasteiger partial charge in [0.15, 0.2) is 0 Å². The van der Waals surface area contributed by atoms with Crippen molar-refractivity contribution in [2.45, 2.75) is 26.8 Å². The van der Waals surface area contributed by atoms with Crippen LogP contribution in [0.15, 0.2) is 12.1 Å². The van der Waals surface area contributed by atoms with Gasteiger partial charge in [0.2, 0.25) is 5.91 Å². The van der Waals surface area contributed by atoms with E-state index in [4.69, 9.17) is 0 Å². The lowest BCUT2D eigenvalue weighted by atomic mass is 10.0. The number of nitrogens with one attached hydrogen (secondary N) is 2. The van der Waals surface area contributed by atoms with Gasteiger partial charge in [-0.2, -0.15) is 0 Å². The summed E-state index contributed by atoms with van der Waals surface area (Å²) >= 11 is 0. The van der Waals surface area contributed by atoms with E-state index in [1.54, 1.807) is 0 Å². The number of carbonyl (C=O) groups excluding carboxylic acids is 1. The van der Waals surface area contributed by atoms with Crippen LogP contribution in [0.1, 0.15) is 16.7 Å². The molecule has 0 aliphatic carbocycles. The molecule has 1 amide bonds. The number of likely N-dealkylation sites (N-methyl/N-ethyl adjacent to an activating group) is 1. The summed E-state index contributed by atoms with van der Waals surface area (Å²) in [6.07, 6.45) is 0. The fraction of sp³-hybridized carbons (Fsp3) is 0.533. The molecule has 1 aliphatic heterocycles. The Morgan fingerprint density at radius 3 is 2.53 bits per heavy atom. The predicted octanol–water partition coefficient (Wildman–Crippen LogP) is 1.14. The summed E-state index contributed by atoms with van der Waals surface area (Å²) in [5, 5.41) is 6.15. The lowest BCUT2D eigenvalue weighted by Crippen LogP contribution is -2.57. The number of nitrogens with zero attached hydrogens (tertiary/aromatic N) is 1. The molecule has 1 atom stereocenters. The molecule has 1 heterocycles. The van der Waals surface area contributed by atoms with Crippen LogP contribution in [-0.4, -0.2) is 38.6 Å². The quantitative estimate of drug-likeness (QED) is 0.857. The molecule has 19 heavy (non-hydrogen) atoms. The SMILES string of the molecule is CNCC1CN(c2c(C)cc(C)cc2C)CC(=O)N1. The number of anilines is 1. The summed E-state index contributed by atoms with van der Waals surface area (Å²) in [4.78, 5) is 14.0. The Morgan fingerprint density at radius 1 is 1.32 bits per heavy atom. The molecule has 1 aromatic rings. The third-order valence-electron chi connectivity index (χ3n) is 3.54. The number of piperazine rings is 1. The third-order valence-corrected chi connectivity index (χ3v) is 3.54. The van der Waals surface area contributed by atoms with E-state index >= 15 is 0 Å². The van der Waals surface area contributed by atoms with Crippen LogP contribution in [-0.2, 0) is 4.79 Å². The number of rotatable bonds is 3. The first kappa shape index (κ1) is 13.9. The summed E-state index contributed by atoms with van der Waals surface area (Å²) in [6.45, 7) is 8.45. The number of carbonyl (C=O) groups is 1. The van der Waals surface area contributed by atoms with E-state index in [-0.39, 0.29) is 11.9 Å². The number of amides is 1. The fourth-order valence-corrected chi connectivity index (χ4v) is 3.03. The highest BCUT2D eigenvalue weighted by Gasteiger charge is 2.25. The van der Waals surface area contributed by atoms with Crippen LogP contribution in [0.2, 0.25) is 0 Å². The zero-order valence-electron chi connectivity index (χ0n) is 12.2. The van der Waals surface area contributed by atoms with E-state index in [1.807, 2.05) is 7.05 Å². The lowest BCUT2D eigenvalue weighted by molar-refractivity contribution is -0.121. The topological polar surface area (TPSA) is 44.4 Å². The monoisotopic (exact) mass is 261 g/mol. The van der Waals surface area contributed by atoms with Crippen molar-refractivity contribution in [1.82, 2.24) is 10.6 Å². The molecule has 4 nitrogen and oxygen atoms in total. The zero-order valence-corrected chi connectivity index (χ0v) is 12.2. The van der Waals surface area contributed by atoms with E-state index in [0.717, 1.165) is 13.1 Å². The molecule has 0 radical (unpaired) electrons. The second-order valence-corrected chi connectivity index (χ2v) is 5.45. The minimum absolute atomic E-state index is 0.103. The molecule has 1 saturated heterocycles. The van der Waals surface area contributed by atoms with E-state index in [0.29, 0.717) is 6.54 Å². The molecule has 1 unspecified atom stereocenters. The van der Waals surface area contributed by atoms with Crippen molar-refractivity contribution in [2.75, 3.05) is 31.6 Å². The minimum Gasteiger partial charge on any atom is -0.360 e. The van der Waals surface area contributed by atoms with Crippen LogP contribution in [0.5, 0.6) is 0 Å². The van der Waals surface area contributed by atoms with Crippen LogP contribution in [0, 0.1) is 20.8 Å². The summed E-state index contributed by atoms with van der Waals surface area (Å²) in [6, 6.07) is 4.54. The molecule has 2 rings (SSSR count). The van der Waals surface area contributed by atoms with E-state index in [2.05, 4.69) is 48.4 Å². The van der Waals surface area contributed by atoms with Gasteiger partial charge >= 0.3 is 0 Å². The highest BCUT2D eigenvalue weighted by Crippen LogP contribution is 2.27. The van der Waals surface area contributed by atoms with Gasteiger partial charge in [-0.25, -0.2) is 0 Å². The lowest BCUT2D eigenvalue weighted by Gasteiger charge is -2.36. The average Bonchev–Trinajstić information content (AvgIpc) is 2.26. The Bertz CT molecular complexity index is 461. The fourth-order valence-electron chi connectivity index (χ4n) is 3.03. The maximum absolute atomic E-state index is 11.8. The second kappa shape index (κ2) is 5.61. The van der Waals surface area contributed by atoms with Gasteiger partial charge in [-0.15, -0.1) is 0 Å². The molecular weight excluding hydrogens is 238 g/mol. The molecule has 4 heteroatoms. The molecule has 1 aliphatic rings. The van der Waals surface area contributed by atoms with Crippen LogP contribution in [0.4, 0.5) is 5.69 Å². The minimum atomic E-state index is 0.103. The van der Waals surface area contributed by atoms with Crippen molar-refractivity contribution < 1.29 is 4.79 Å². The third kappa shape index (κ3) is 3.07.